The van der Waals surface area contributed by atoms with Gasteiger partial charge in [0.25, 0.3) is 0 Å². The first-order chi connectivity index (χ1) is 7.41. The number of rotatable bonds is 3. The van der Waals surface area contributed by atoms with Crippen LogP contribution >= 0.6 is 15.9 Å². The summed E-state index contributed by atoms with van der Waals surface area (Å²) in [5, 5.41) is 11.3. The number of amides is 1. The fourth-order valence-electron chi connectivity index (χ4n) is 1.00. The molecule has 0 radical (unpaired) electrons. The Hall–Kier alpha value is -1.40. The Morgan fingerprint density at radius 2 is 2.12 bits per heavy atom. The van der Waals surface area contributed by atoms with E-state index >= 15 is 0 Å². The summed E-state index contributed by atoms with van der Waals surface area (Å²) in [6, 6.07) is 3.71. The highest BCUT2D eigenvalue weighted by Crippen LogP contribution is 2.23. The molecule has 0 unspecified atom stereocenters. The second kappa shape index (κ2) is 5.09. The maximum absolute atomic E-state index is 11.3. The molecule has 0 bridgehead atoms. The summed E-state index contributed by atoms with van der Waals surface area (Å²) in [6.45, 7) is 1.55. The average molecular weight is 287 g/mol. The van der Waals surface area contributed by atoms with Gasteiger partial charge in [-0.1, -0.05) is 0 Å². The predicted octanol–water partition coefficient (Wildman–Crippen LogP) is 1.43. The van der Waals surface area contributed by atoms with Gasteiger partial charge in [-0.2, -0.15) is 0 Å². The number of carboxylic acids is 1. The van der Waals surface area contributed by atoms with Gasteiger partial charge in [-0.25, -0.2) is 4.79 Å². The number of halogens is 1. The van der Waals surface area contributed by atoms with Crippen molar-refractivity contribution in [3.63, 3.8) is 0 Å². The van der Waals surface area contributed by atoms with E-state index in [4.69, 9.17) is 10.8 Å². The predicted molar refractivity (Wildman–Crippen MR) is 63.4 cm³/mol. The van der Waals surface area contributed by atoms with Gasteiger partial charge in [0.2, 0.25) is 5.91 Å². The molecule has 16 heavy (non-hydrogen) atoms. The van der Waals surface area contributed by atoms with Gasteiger partial charge in [0.1, 0.15) is 0 Å². The Balaban J connectivity index is 2.99. The number of aromatic carboxylic acids is 1. The third-order valence-electron chi connectivity index (χ3n) is 1.88. The van der Waals surface area contributed by atoms with E-state index in [1.54, 1.807) is 13.0 Å². The van der Waals surface area contributed by atoms with Gasteiger partial charge >= 0.3 is 5.97 Å². The smallest absolute Gasteiger partial charge is 0.335 e. The zero-order valence-electron chi connectivity index (χ0n) is 8.53. The summed E-state index contributed by atoms with van der Waals surface area (Å²) >= 11 is 3.21. The molecule has 6 heteroatoms. The van der Waals surface area contributed by atoms with Crippen LogP contribution in [0.3, 0.4) is 0 Å². The zero-order valence-corrected chi connectivity index (χ0v) is 10.1. The monoisotopic (exact) mass is 286 g/mol. The zero-order chi connectivity index (χ0) is 12.3. The van der Waals surface area contributed by atoms with E-state index in [1.165, 1.54) is 12.1 Å². The fourth-order valence-corrected chi connectivity index (χ4v) is 1.35. The van der Waals surface area contributed by atoms with Crippen LogP contribution in [0.4, 0.5) is 5.69 Å². The second-order valence-electron chi connectivity index (χ2n) is 3.28. The Morgan fingerprint density at radius 3 is 2.62 bits per heavy atom. The molecule has 1 rings (SSSR count). The van der Waals surface area contributed by atoms with E-state index in [-0.39, 0.29) is 11.5 Å². The summed E-state index contributed by atoms with van der Waals surface area (Å²) in [5.41, 5.74) is 5.88. The Morgan fingerprint density at radius 1 is 1.50 bits per heavy atom. The first kappa shape index (κ1) is 12.7. The van der Waals surface area contributed by atoms with Crippen molar-refractivity contribution < 1.29 is 14.7 Å². The number of carbonyl (C=O) groups is 2. The largest absolute Gasteiger partial charge is 0.478 e. The minimum atomic E-state index is -1.05. The van der Waals surface area contributed by atoms with Gasteiger partial charge < -0.3 is 16.2 Å². The van der Waals surface area contributed by atoms with Crippen LogP contribution in [0.2, 0.25) is 0 Å². The number of hydrogen-bond donors (Lipinski definition) is 3. The summed E-state index contributed by atoms with van der Waals surface area (Å²) in [7, 11) is 0. The summed E-state index contributed by atoms with van der Waals surface area (Å²) in [5.74, 6) is -1.42. The molecule has 0 saturated heterocycles. The molecule has 0 aromatic heterocycles. The lowest BCUT2D eigenvalue weighted by atomic mass is 10.2. The van der Waals surface area contributed by atoms with Crippen molar-refractivity contribution in [1.82, 2.24) is 0 Å². The molecule has 5 nitrogen and oxygen atoms in total. The Bertz CT molecular complexity index is 432. The van der Waals surface area contributed by atoms with Crippen molar-refractivity contribution in [2.24, 2.45) is 5.73 Å². The number of benzene rings is 1. The quantitative estimate of drug-likeness (QED) is 0.784. The van der Waals surface area contributed by atoms with Gasteiger partial charge in [0.15, 0.2) is 0 Å². The number of anilines is 1. The maximum Gasteiger partial charge on any atom is 0.335 e. The molecule has 1 aromatic rings. The van der Waals surface area contributed by atoms with Gasteiger partial charge in [-0.05, 0) is 41.1 Å². The number of nitrogens with two attached hydrogens (primary N) is 1. The third-order valence-corrected chi connectivity index (χ3v) is 2.58. The first-order valence-electron chi connectivity index (χ1n) is 4.51. The van der Waals surface area contributed by atoms with E-state index in [9.17, 15) is 9.59 Å². The van der Waals surface area contributed by atoms with Crippen molar-refractivity contribution in [2.75, 3.05) is 5.32 Å². The molecule has 0 saturated carbocycles. The molecule has 4 N–H and O–H groups in total. The van der Waals surface area contributed by atoms with E-state index in [0.29, 0.717) is 10.2 Å². The molecule has 0 aliphatic rings. The van der Waals surface area contributed by atoms with Gasteiger partial charge in [-0.3, -0.25) is 4.79 Å². The molecule has 0 spiro atoms. The molecule has 86 valence electrons. The molecule has 0 heterocycles. The van der Waals surface area contributed by atoms with Crippen LogP contribution < -0.4 is 11.1 Å². The van der Waals surface area contributed by atoms with Crippen molar-refractivity contribution in [2.45, 2.75) is 13.0 Å². The number of carbonyl (C=O) groups excluding carboxylic acids is 1. The minimum Gasteiger partial charge on any atom is -0.478 e. The Kier molecular flexibility index (Phi) is 4.03. The summed E-state index contributed by atoms with van der Waals surface area (Å²) in [4.78, 5) is 22.1. The maximum atomic E-state index is 11.3. The summed E-state index contributed by atoms with van der Waals surface area (Å²) < 4.78 is 0.603. The van der Waals surface area contributed by atoms with Crippen molar-refractivity contribution in [1.29, 1.82) is 0 Å². The second-order valence-corrected chi connectivity index (χ2v) is 4.13. The van der Waals surface area contributed by atoms with Crippen molar-refractivity contribution in [3.8, 4) is 0 Å². The van der Waals surface area contributed by atoms with Crippen molar-refractivity contribution >= 4 is 33.5 Å². The van der Waals surface area contributed by atoms with E-state index in [0.717, 1.165) is 0 Å². The molecular formula is C10H11BrN2O3. The van der Waals surface area contributed by atoms with Crippen LogP contribution in [0.5, 0.6) is 0 Å². The van der Waals surface area contributed by atoms with Crippen LogP contribution in [0.15, 0.2) is 22.7 Å². The van der Waals surface area contributed by atoms with E-state index in [1.807, 2.05) is 0 Å². The molecule has 0 fully saturated rings. The molecule has 0 aliphatic carbocycles. The lowest BCUT2D eigenvalue weighted by molar-refractivity contribution is -0.117. The van der Waals surface area contributed by atoms with E-state index in [2.05, 4.69) is 21.2 Å². The van der Waals surface area contributed by atoms with Gasteiger partial charge in [0, 0.05) is 4.47 Å². The highest BCUT2D eigenvalue weighted by Gasteiger charge is 2.12. The van der Waals surface area contributed by atoms with Crippen LogP contribution in [0.1, 0.15) is 17.3 Å². The molecule has 1 amide bonds. The number of nitrogens with one attached hydrogen (secondary N) is 1. The molecule has 1 aromatic carbocycles. The highest BCUT2D eigenvalue weighted by atomic mass is 79.9. The lowest BCUT2D eigenvalue weighted by Gasteiger charge is -2.10. The standard InChI is InChI=1S/C10H11BrN2O3/c1-5(12)9(14)13-8-4-6(10(15)16)2-3-7(8)11/h2-5H,12H2,1H3,(H,13,14)(H,15,16)/t5-/m1/s1. The molecule has 0 aliphatic heterocycles. The SMILES string of the molecule is C[C@@H](N)C(=O)Nc1cc(C(=O)O)ccc1Br. The minimum absolute atomic E-state index is 0.100. The van der Waals surface area contributed by atoms with Crippen LogP contribution in [-0.4, -0.2) is 23.0 Å². The van der Waals surface area contributed by atoms with Gasteiger partial charge in [0.05, 0.1) is 17.3 Å². The van der Waals surface area contributed by atoms with Crippen LogP contribution in [-0.2, 0) is 4.79 Å². The lowest BCUT2D eigenvalue weighted by Crippen LogP contribution is -2.32. The number of hydrogen-bond acceptors (Lipinski definition) is 3. The number of carboxylic acid groups (broad SMARTS) is 1. The summed E-state index contributed by atoms with van der Waals surface area (Å²) in [6.07, 6.45) is 0. The Labute approximate surface area is 101 Å². The topological polar surface area (TPSA) is 92.4 Å². The fraction of sp³-hybridized carbons (Fsp3) is 0.200. The highest BCUT2D eigenvalue weighted by molar-refractivity contribution is 9.10. The normalized spacial score (nSPS) is 11.9. The molecule has 1 atom stereocenters. The van der Waals surface area contributed by atoms with Crippen LogP contribution in [0, 0.1) is 0 Å². The first-order valence-corrected chi connectivity index (χ1v) is 5.30. The molecular weight excluding hydrogens is 276 g/mol. The average Bonchev–Trinajstić information content (AvgIpc) is 2.20. The van der Waals surface area contributed by atoms with Crippen LogP contribution in [0.25, 0.3) is 0 Å². The van der Waals surface area contributed by atoms with Gasteiger partial charge in [-0.15, -0.1) is 0 Å². The third kappa shape index (κ3) is 3.04. The van der Waals surface area contributed by atoms with E-state index < -0.39 is 12.0 Å². The van der Waals surface area contributed by atoms with Crippen molar-refractivity contribution in [3.05, 3.63) is 28.2 Å².